The lowest BCUT2D eigenvalue weighted by molar-refractivity contribution is 0.758. The lowest BCUT2D eigenvalue weighted by atomic mass is 10.2. The lowest BCUT2D eigenvalue weighted by Crippen LogP contribution is -2.24. The van der Waals surface area contributed by atoms with E-state index >= 15 is 0 Å². The first-order chi connectivity index (χ1) is 2.94. The summed E-state index contributed by atoms with van der Waals surface area (Å²) < 4.78 is -0.0471. The molecule has 0 saturated carbocycles. The molecule has 7 heavy (non-hydrogen) atoms. The second-order valence-electron chi connectivity index (χ2n) is 1.97. The Kier molecular flexibility index (Phi) is 3.01. The molecule has 0 saturated heterocycles. The van der Waals surface area contributed by atoms with Gasteiger partial charge in [0.25, 0.3) is 0 Å². The van der Waals surface area contributed by atoms with E-state index in [0.29, 0.717) is 0 Å². The van der Waals surface area contributed by atoms with Crippen molar-refractivity contribution >= 4 is 39.5 Å². The summed E-state index contributed by atoms with van der Waals surface area (Å²) in [6.07, 6.45) is 0. The first kappa shape index (κ1) is 8.11. The maximum Gasteiger partial charge on any atom is 0.153 e. The fourth-order valence-electron chi connectivity index (χ4n) is 0. The first-order valence-corrected chi connectivity index (χ1v) is 3.51. The molecule has 0 amide bonds. The smallest absolute Gasteiger partial charge is 0.140 e. The highest BCUT2D eigenvalue weighted by molar-refractivity contribution is 6.46. The largest absolute Gasteiger partial charge is 0.153 e. The van der Waals surface area contributed by atoms with E-state index < -0.39 is 0 Å². The van der Waals surface area contributed by atoms with Crippen LogP contribution in [0, 0.1) is 0 Å². The molecule has 2 radical (unpaired) electrons. The summed E-state index contributed by atoms with van der Waals surface area (Å²) in [5, 5.41) is 0. The SMILES string of the molecule is CC(C)(Cl)[CH]([Al])Cl. The molecule has 0 aliphatic carbocycles. The Bertz CT molecular complexity index is 55.2. The Morgan fingerprint density at radius 2 is 1.71 bits per heavy atom. The molecule has 0 heterocycles. The first-order valence-electron chi connectivity index (χ1n) is 2.03. The predicted octanol–water partition coefficient (Wildman–Crippen LogP) is 1.74. The van der Waals surface area contributed by atoms with Crippen molar-refractivity contribution < 1.29 is 0 Å². The lowest BCUT2D eigenvalue weighted by Gasteiger charge is -2.18. The van der Waals surface area contributed by atoms with Crippen molar-refractivity contribution in [1.82, 2.24) is 0 Å². The summed E-state index contributed by atoms with van der Waals surface area (Å²) in [5.74, 6) is 0. The number of rotatable bonds is 1. The van der Waals surface area contributed by atoms with Crippen LogP contribution < -0.4 is 0 Å². The van der Waals surface area contributed by atoms with Crippen LogP contribution in [0.2, 0.25) is 0 Å². The second-order valence-corrected chi connectivity index (χ2v) is 4.50. The van der Waals surface area contributed by atoms with Gasteiger partial charge in [0.15, 0.2) is 16.3 Å². The third-order valence-electron chi connectivity index (χ3n) is 0.656. The zero-order chi connectivity index (χ0) is 6.08. The van der Waals surface area contributed by atoms with E-state index in [4.69, 9.17) is 23.2 Å². The van der Waals surface area contributed by atoms with E-state index in [1.54, 1.807) is 0 Å². The maximum absolute atomic E-state index is 5.72. The van der Waals surface area contributed by atoms with Gasteiger partial charge >= 0.3 is 0 Å². The van der Waals surface area contributed by atoms with Gasteiger partial charge in [0, 0.05) is 4.87 Å². The Morgan fingerprint density at radius 1 is 1.57 bits per heavy atom. The summed E-state index contributed by atoms with van der Waals surface area (Å²) in [7, 11) is 0. The van der Waals surface area contributed by atoms with Crippen molar-refractivity contribution in [2.45, 2.75) is 23.0 Å². The van der Waals surface area contributed by atoms with Crippen molar-refractivity contribution in [3.63, 3.8) is 0 Å². The summed E-state index contributed by atoms with van der Waals surface area (Å²) in [6.45, 7) is 3.75. The highest BCUT2D eigenvalue weighted by Crippen LogP contribution is 2.19. The van der Waals surface area contributed by atoms with Gasteiger partial charge in [0.1, 0.15) is 0 Å². The van der Waals surface area contributed by atoms with Crippen LogP contribution >= 0.6 is 23.2 Å². The van der Waals surface area contributed by atoms with Gasteiger partial charge in [-0.05, 0) is 18.1 Å². The highest BCUT2D eigenvalue weighted by Gasteiger charge is 2.17. The summed E-state index contributed by atoms with van der Waals surface area (Å²) in [5.41, 5.74) is 0. The van der Waals surface area contributed by atoms with E-state index in [-0.39, 0.29) is 9.11 Å². The van der Waals surface area contributed by atoms with Gasteiger partial charge < -0.3 is 0 Å². The van der Waals surface area contributed by atoms with Crippen molar-refractivity contribution in [3.05, 3.63) is 0 Å². The molecule has 0 aromatic heterocycles. The minimum atomic E-state index is -0.299. The molecule has 0 aliphatic heterocycles. The van der Waals surface area contributed by atoms with Crippen molar-refractivity contribution in [2.75, 3.05) is 0 Å². The Balaban J connectivity index is 3.54. The highest BCUT2D eigenvalue weighted by atomic mass is 35.5. The van der Waals surface area contributed by atoms with Crippen LogP contribution in [-0.2, 0) is 0 Å². The molecule has 3 heteroatoms. The number of hydrogen-bond donors (Lipinski definition) is 0. The maximum atomic E-state index is 5.72. The molecule has 1 unspecified atom stereocenters. The number of hydrogen-bond acceptors (Lipinski definition) is 0. The van der Waals surface area contributed by atoms with E-state index in [0.717, 1.165) is 0 Å². The molecule has 0 N–H and O–H groups in total. The predicted molar refractivity (Wildman–Crippen MR) is 35.3 cm³/mol. The van der Waals surface area contributed by atoms with Gasteiger partial charge in [-0.1, -0.05) is 0 Å². The van der Waals surface area contributed by atoms with Crippen molar-refractivity contribution in [3.8, 4) is 0 Å². The molecule has 0 aromatic rings. The van der Waals surface area contributed by atoms with E-state index in [9.17, 15) is 0 Å². The van der Waals surface area contributed by atoms with Gasteiger partial charge in [-0.15, -0.1) is 23.2 Å². The van der Waals surface area contributed by atoms with Crippen molar-refractivity contribution in [1.29, 1.82) is 0 Å². The normalized spacial score (nSPS) is 16.6. The van der Waals surface area contributed by atoms with Gasteiger partial charge in [-0.3, -0.25) is 0 Å². The molecule has 0 rings (SSSR count). The van der Waals surface area contributed by atoms with Crippen LogP contribution in [0.25, 0.3) is 0 Å². The molecule has 0 fully saturated rings. The molecule has 0 aromatic carbocycles. The fourth-order valence-corrected chi connectivity index (χ4v) is 0. The summed E-state index contributed by atoms with van der Waals surface area (Å²) in [4.78, 5) is -0.299. The minimum Gasteiger partial charge on any atom is -0.140 e. The van der Waals surface area contributed by atoms with E-state index in [1.807, 2.05) is 13.8 Å². The monoisotopic (exact) mass is 152 g/mol. The molecule has 0 bridgehead atoms. The van der Waals surface area contributed by atoms with Crippen LogP contribution in [0.4, 0.5) is 0 Å². The number of alkyl halides is 2. The molecule has 0 spiro atoms. The Morgan fingerprint density at radius 3 is 1.71 bits per heavy atom. The minimum absolute atomic E-state index is 0.0471. The molecular weight excluding hydrogens is 146 g/mol. The average Bonchev–Trinajstić information content (AvgIpc) is 1.31. The van der Waals surface area contributed by atoms with Crippen LogP contribution in [-0.4, -0.2) is 25.4 Å². The van der Waals surface area contributed by atoms with Crippen LogP contribution in [0.3, 0.4) is 0 Å². The Hall–Kier alpha value is 1.11. The number of halogens is 2. The Labute approximate surface area is 62.6 Å². The van der Waals surface area contributed by atoms with Gasteiger partial charge in [0.05, 0.1) is 0 Å². The quantitative estimate of drug-likeness (QED) is 0.397. The zero-order valence-corrected chi connectivity index (χ0v) is 7.08. The zero-order valence-electron chi connectivity index (χ0n) is 4.41. The molecule has 1 atom stereocenters. The molecule has 0 aliphatic rings. The summed E-state index contributed by atoms with van der Waals surface area (Å²) >= 11 is 13.7. The fraction of sp³-hybridized carbons (Fsp3) is 1.00. The van der Waals surface area contributed by atoms with E-state index in [1.165, 1.54) is 0 Å². The third-order valence-corrected chi connectivity index (χ3v) is 2.59. The van der Waals surface area contributed by atoms with Crippen molar-refractivity contribution in [2.24, 2.45) is 0 Å². The molecular formula is C4H7AlCl2. The van der Waals surface area contributed by atoms with Gasteiger partial charge in [-0.2, -0.15) is 0 Å². The van der Waals surface area contributed by atoms with Gasteiger partial charge in [0.2, 0.25) is 0 Å². The molecule has 0 nitrogen and oxygen atoms in total. The van der Waals surface area contributed by atoms with Crippen LogP contribution in [0.15, 0.2) is 0 Å². The topological polar surface area (TPSA) is 0 Å². The summed E-state index contributed by atoms with van der Waals surface area (Å²) in [6, 6.07) is 0. The standard InChI is InChI=1S/C4H7Cl2.Al/c1-4(2,6)3-5;/h3H,1-2H3;. The average molecular weight is 153 g/mol. The second kappa shape index (κ2) is 2.60. The van der Waals surface area contributed by atoms with Gasteiger partial charge in [-0.25, -0.2) is 0 Å². The molecule has 40 valence electrons. The van der Waals surface area contributed by atoms with Crippen LogP contribution in [0.5, 0.6) is 0 Å². The van der Waals surface area contributed by atoms with Crippen LogP contribution in [0.1, 0.15) is 13.8 Å². The third kappa shape index (κ3) is 3.67. The van der Waals surface area contributed by atoms with E-state index in [2.05, 4.69) is 16.3 Å².